The second-order valence-electron chi connectivity index (χ2n) is 22.5. The zero-order valence-electron chi connectivity index (χ0n) is 45.0. The van der Waals surface area contributed by atoms with Gasteiger partial charge in [0.15, 0.2) is 0 Å². The number of hydrogen-bond donors (Lipinski definition) is 6. The van der Waals surface area contributed by atoms with Gasteiger partial charge in [0.2, 0.25) is 17.7 Å². The van der Waals surface area contributed by atoms with Gasteiger partial charge in [0.05, 0.1) is 35.9 Å². The molecule has 18 nitrogen and oxygen atoms in total. The van der Waals surface area contributed by atoms with Crippen LogP contribution in [0, 0.1) is 30.6 Å². The topological polar surface area (TPSA) is 220 Å². The van der Waals surface area contributed by atoms with E-state index in [9.17, 15) is 29.1 Å². The van der Waals surface area contributed by atoms with Crippen molar-refractivity contribution in [3.05, 3.63) is 106 Å². The highest BCUT2D eigenvalue weighted by atomic mass is 16.5. The molecule has 1 aromatic heterocycles. The van der Waals surface area contributed by atoms with E-state index >= 15 is 0 Å². The number of likely N-dealkylation sites (tertiary alicyclic amines) is 2. The van der Waals surface area contributed by atoms with Gasteiger partial charge in [0, 0.05) is 98.7 Å². The number of carboxylic acid groups (broad SMARTS) is 1. The van der Waals surface area contributed by atoms with Crippen molar-refractivity contribution in [2.75, 3.05) is 69.2 Å². The van der Waals surface area contributed by atoms with Crippen molar-refractivity contribution >= 4 is 63.3 Å². The van der Waals surface area contributed by atoms with Crippen LogP contribution in [0.3, 0.4) is 0 Å². The number of aryl methyl sites for hydroxylation is 2. The van der Waals surface area contributed by atoms with Crippen molar-refractivity contribution in [2.24, 2.45) is 18.9 Å². The summed E-state index contributed by atoms with van der Waals surface area (Å²) < 4.78 is 8.79. The number of imidazole rings is 1. The smallest absolute Gasteiger partial charge is 0.329 e. The SMILES string of the molecule is Cc1ccc(NC2CC3COCC(C2)N3)cc1C(=O)N[C@H](C)c1ccc(C#CC2CCN(CC3(O)CCN(C(=O)C4CCN(c5ccc6c(c5)n(C)c(=O)n6C5CCC(=O)NC5=O)CC4)CC3)CC2)c2ccccc12.O=CO. The third-order valence-electron chi connectivity index (χ3n) is 17.2. The Kier molecular flexibility index (Phi) is 16.4. The standard InChI is InChI=1S/C59H71N9O7.CH2O2/c1-37-8-12-42(61-43-30-44-34-75-35-45(31-43)62-44)32-50(37)55(70)60-38(2)47-14-11-40(48-6-4-5-7-49(47)48)10-9-39-18-24-65(25-19-39)36-59(74)22-28-67(29-23-59)57(72)41-20-26-66(27-21-41)46-13-15-51-53(33-46)64(3)58(73)68(51)52-16-17-54(69)63-56(52)71;2-1-3/h4-8,11-15,32-33,38-39,41,43-45,52,61-62,74H,16-31,34-36H2,1-3H3,(H,60,70)(H,63,69,71);1H,(H,2,3)/t38-,43?,44?,45?,52?;/m1./s1. The molecule has 412 valence electrons. The van der Waals surface area contributed by atoms with Gasteiger partial charge in [-0.1, -0.05) is 48.2 Å². The molecule has 6 N–H and O–H groups in total. The second-order valence-corrected chi connectivity index (χ2v) is 22.5. The van der Waals surface area contributed by atoms with Gasteiger partial charge in [-0.25, -0.2) is 4.79 Å². The number of morpholine rings is 1. The number of carbonyl (C=O) groups is 5. The number of benzene rings is 4. The summed E-state index contributed by atoms with van der Waals surface area (Å²) in [5.41, 5.74) is 5.80. The van der Waals surface area contributed by atoms with Crippen molar-refractivity contribution in [1.29, 1.82) is 0 Å². The van der Waals surface area contributed by atoms with Gasteiger partial charge in [-0.2, -0.15) is 0 Å². The molecule has 4 aromatic carbocycles. The van der Waals surface area contributed by atoms with Gasteiger partial charge in [0.1, 0.15) is 6.04 Å². The minimum atomic E-state index is -0.839. The van der Waals surface area contributed by atoms with Crippen LogP contribution in [0.2, 0.25) is 0 Å². The van der Waals surface area contributed by atoms with Gasteiger partial charge in [-0.15, -0.1) is 0 Å². The van der Waals surface area contributed by atoms with Gasteiger partial charge in [0.25, 0.3) is 12.4 Å². The van der Waals surface area contributed by atoms with E-state index in [1.807, 2.05) is 61.2 Å². The number of fused-ring (bicyclic) bond motifs is 4. The fourth-order valence-electron chi connectivity index (χ4n) is 12.9. The molecule has 4 atom stereocenters. The Bertz CT molecular complexity index is 3180. The first-order valence-corrected chi connectivity index (χ1v) is 27.8. The number of aromatic nitrogens is 2. The predicted molar refractivity (Wildman–Crippen MR) is 298 cm³/mol. The highest BCUT2D eigenvalue weighted by Gasteiger charge is 2.39. The number of rotatable bonds is 10. The van der Waals surface area contributed by atoms with E-state index < -0.39 is 17.6 Å². The maximum absolute atomic E-state index is 13.9. The van der Waals surface area contributed by atoms with E-state index in [0.29, 0.717) is 80.3 Å². The zero-order valence-corrected chi connectivity index (χ0v) is 45.0. The van der Waals surface area contributed by atoms with E-state index in [2.05, 4.69) is 73.2 Å². The molecule has 0 saturated carbocycles. The summed E-state index contributed by atoms with van der Waals surface area (Å²) in [6.45, 7) is 10.1. The number of nitrogens with zero attached hydrogens (tertiary/aromatic N) is 5. The molecule has 6 aliphatic heterocycles. The molecule has 6 aliphatic rings. The van der Waals surface area contributed by atoms with Crippen LogP contribution < -0.4 is 31.9 Å². The minimum absolute atomic E-state index is 0.0798. The fourth-order valence-corrected chi connectivity index (χ4v) is 12.9. The van der Waals surface area contributed by atoms with Crippen LogP contribution in [-0.2, 0) is 31.0 Å². The van der Waals surface area contributed by atoms with Crippen LogP contribution in [-0.4, -0.2) is 142 Å². The van der Waals surface area contributed by atoms with E-state index in [-0.39, 0.29) is 60.6 Å². The number of amides is 4. The summed E-state index contributed by atoms with van der Waals surface area (Å²) in [5.74, 6) is 6.61. The van der Waals surface area contributed by atoms with Crippen molar-refractivity contribution in [2.45, 2.75) is 114 Å². The number of carbonyl (C=O) groups excluding carboxylic acids is 4. The maximum atomic E-state index is 13.9. The number of nitrogens with one attached hydrogen (secondary N) is 4. The Hall–Kier alpha value is -7.04. The van der Waals surface area contributed by atoms with Crippen molar-refractivity contribution in [1.82, 2.24) is 34.9 Å². The Balaban J connectivity index is 0.00000224. The molecule has 0 radical (unpaired) electrons. The average Bonchev–Trinajstić information content (AvgIpc) is 3.78. The minimum Gasteiger partial charge on any atom is -0.483 e. The Labute approximate surface area is 454 Å². The van der Waals surface area contributed by atoms with Crippen molar-refractivity contribution in [3.8, 4) is 11.8 Å². The number of hydrogen-bond acceptors (Lipinski definition) is 12. The Morgan fingerprint density at radius 1 is 0.872 bits per heavy atom. The number of ether oxygens (including phenoxy) is 1. The van der Waals surface area contributed by atoms with Crippen LogP contribution in [0.4, 0.5) is 11.4 Å². The Morgan fingerprint density at radius 3 is 2.28 bits per heavy atom. The molecular weight excluding hydrogens is 991 g/mol. The summed E-state index contributed by atoms with van der Waals surface area (Å²) in [4.78, 5) is 80.4. The van der Waals surface area contributed by atoms with Gasteiger partial charge < -0.3 is 45.6 Å². The third kappa shape index (κ3) is 11.8. The fraction of sp³-hybridized carbons (Fsp3) is 0.500. The molecule has 6 saturated heterocycles. The number of aliphatic hydroxyl groups is 1. The van der Waals surface area contributed by atoms with E-state index in [1.165, 1.54) is 4.57 Å². The summed E-state index contributed by atoms with van der Waals surface area (Å²) in [7, 11) is 1.70. The summed E-state index contributed by atoms with van der Waals surface area (Å²) >= 11 is 0. The van der Waals surface area contributed by atoms with E-state index in [4.69, 9.17) is 14.6 Å². The molecule has 11 rings (SSSR count). The molecule has 6 fully saturated rings. The molecule has 7 heterocycles. The lowest BCUT2D eigenvalue weighted by molar-refractivity contribution is -0.141. The molecule has 5 aromatic rings. The molecule has 4 amide bonds. The number of imide groups is 1. The molecule has 0 aliphatic carbocycles. The number of β-amino-alcohol motifs (C(OH)–C–C–N with tert-alkyl or cyclic N) is 1. The first-order chi connectivity index (χ1) is 37.7. The third-order valence-corrected chi connectivity index (χ3v) is 17.2. The predicted octanol–water partition coefficient (Wildman–Crippen LogP) is 5.24. The Morgan fingerprint density at radius 2 is 1.58 bits per heavy atom. The van der Waals surface area contributed by atoms with Crippen LogP contribution in [0.15, 0.2) is 77.6 Å². The maximum Gasteiger partial charge on any atom is 0.329 e. The second kappa shape index (κ2) is 23.5. The molecular formula is C60H73N9O9. The monoisotopic (exact) mass is 1060 g/mol. The largest absolute Gasteiger partial charge is 0.483 e. The highest BCUT2D eigenvalue weighted by Crippen LogP contribution is 2.33. The summed E-state index contributed by atoms with van der Waals surface area (Å²) in [5, 5.41) is 33.9. The number of anilines is 2. The zero-order chi connectivity index (χ0) is 54.7. The van der Waals surface area contributed by atoms with Crippen molar-refractivity contribution < 1.29 is 38.9 Å². The molecule has 78 heavy (non-hydrogen) atoms. The van der Waals surface area contributed by atoms with Crippen LogP contribution in [0.5, 0.6) is 0 Å². The number of piperidine rings is 5. The first-order valence-electron chi connectivity index (χ1n) is 27.8. The molecule has 2 bridgehead atoms. The normalized spacial score (nSPS) is 23.3. The lowest BCUT2D eigenvalue weighted by Crippen LogP contribution is -2.56. The quantitative estimate of drug-likeness (QED) is 0.0600. The van der Waals surface area contributed by atoms with E-state index in [1.54, 1.807) is 11.6 Å². The van der Waals surface area contributed by atoms with Gasteiger partial charge >= 0.3 is 5.69 Å². The molecule has 18 heteroatoms. The summed E-state index contributed by atoms with van der Waals surface area (Å²) in [6, 6.07) is 24.5. The lowest BCUT2D eigenvalue weighted by atomic mass is 9.87. The van der Waals surface area contributed by atoms with Crippen LogP contribution >= 0.6 is 0 Å². The van der Waals surface area contributed by atoms with E-state index in [0.717, 1.165) is 104 Å². The summed E-state index contributed by atoms with van der Waals surface area (Å²) in [6.07, 6.45) is 6.86. The van der Waals surface area contributed by atoms with Crippen LogP contribution in [0.1, 0.15) is 110 Å². The van der Waals surface area contributed by atoms with Crippen molar-refractivity contribution in [3.63, 3.8) is 0 Å². The van der Waals surface area contributed by atoms with Gasteiger partial charge in [-0.3, -0.25) is 38.4 Å². The molecule has 3 unspecified atom stereocenters. The van der Waals surface area contributed by atoms with Gasteiger partial charge in [-0.05, 0) is 143 Å². The highest BCUT2D eigenvalue weighted by molar-refractivity contribution is 6.00. The first kappa shape index (κ1) is 54.3. The lowest BCUT2D eigenvalue weighted by Gasteiger charge is -2.43. The average molecular weight is 1060 g/mol. The van der Waals surface area contributed by atoms with Crippen LogP contribution in [0.25, 0.3) is 21.8 Å². The molecule has 0 spiro atoms.